The van der Waals surface area contributed by atoms with Crippen LogP contribution < -0.4 is 21.1 Å². The molecule has 13 heteroatoms. The Morgan fingerprint density at radius 1 is 1.31 bits per heavy atom. The first kappa shape index (κ1) is 25.6. The zero-order valence-corrected chi connectivity index (χ0v) is 18.3. The second kappa shape index (κ2) is 10.8. The summed E-state index contributed by atoms with van der Waals surface area (Å²) >= 11 is 11.8. The van der Waals surface area contributed by atoms with E-state index in [1.54, 1.807) is 0 Å². The summed E-state index contributed by atoms with van der Waals surface area (Å²) in [7, 11) is 1.10. The van der Waals surface area contributed by atoms with Crippen LogP contribution in [-0.2, 0) is 14.3 Å². The van der Waals surface area contributed by atoms with Crippen LogP contribution in [0.2, 0.25) is 10.0 Å². The number of benzene rings is 1. The zero-order chi connectivity index (χ0) is 24.1. The summed E-state index contributed by atoms with van der Waals surface area (Å²) in [5.41, 5.74) is 4.51. The molecule has 1 heterocycles. The molecule has 1 aromatic carbocycles. The Kier molecular flexibility index (Phi) is 8.62. The number of amides is 1. The fourth-order valence-electron chi connectivity index (χ4n) is 2.99. The molecule has 5 N–H and O–H groups in total. The Labute approximate surface area is 191 Å². The number of nitrogens with one attached hydrogen (secondary N) is 3. The van der Waals surface area contributed by atoms with Crippen molar-refractivity contribution in [2.24, 2.45) is 5.73 Å². The number of esters is 1. The topological polar surface area (TPSA) is 127 Å². The Bertz CT molecular complexity index is 925. The van der Waals surface area contributed by atoms with Crippen LogP contribution in [0.5, 0.6) is 5.75 Å². The van der Waals surface area contributed by atoms with Crippen molar-refractivity contribution >= 4 is 47.1 Å². The van der Waals surface area contributed by atoms with E-state index in [9.17, 15) is 22.8 Å². The van der Waals surface area contributed by atoms with Crippen molar-refractivity contribution in [2.75, 3.05) is 13.7 Å². The molecule has 0 radical (unpaired) electrons. The Morgan fingerprint density at radius 3 is 2.59 bits per heavy atom. The maximum absolute atomic E-state index is 13.6. The molecule has 1 aromatic rings. The van der Waals surface area contributed by atoms with Gasteiger partial charge in [0, 0.05) is 17.1 Å². The second-order valence-electron chi connectivity index (χ2n) is 6.83. The molecule has 0 saturated heterocycles. The van der Waals surface area contributed by atoms with Gasteiger partial charge >= 0.3 is 12.1 Å². The second-order valence-corrected chi connectivity index (χ2v) is 7.67. The number of carbonyl (C=O) groups is 2. The molecule has 2 atom stereocenters. The lowest BCUT2D eigenvalue weighted by molar-refractivity contribution is -0.185. The van der Waals surface area contributed by atoms with Crippen molar-refractivity contribution < 1.29 is 32.2 Å². The largest absolute Gasteiger partial charge is 0.474 e. The van der Waals surface area contributed by atoms with E-state index in [-0.39, 0.29) is 33.7 Å². The molecule has 2 rings (SSSR count). The van der Waals surface area contributed by atoms with E-state index in [0.717, 1.165) is 13.2 Å². The first-order valence-electron chi connectivity index (χ1n) is 9.34. The van der Waals surface area contributed by atoms with E-state index < -0.39 is 35.8 Å². The van der Waals surface area contributed by atoms with Crippen LogP contribution >= 0.6 is 23.2 Å². The van der Waals surface area contributed by atoms with Gasteiger partial charge in [-0.25, -0.2) is 4.79 Å². The molecule has 176 valence electrons. The average Bonchev–Trinajstić information content (AvgIpc) is 2.69. The predicted octanol–water partition coefficient (Wildman–Crippen LogP) is 3.01. The molecule has 1 aliphatic rings. The summed E-state index contributed by atoms with van der Waals surface area (Å²) < 4.78 is 50.6. The van der Waals surface area contributed by atoms with Crippen LogP contribution in [-0.4, -0.2) is 49.8 Å². The Morgan fingerprint density at radius 2 is 2.00 bits per heavy atom. The molecule has 1 aliphatic heterocycles. The van der Waals surface area contributed by atoms with Crippen molar-refractivity contribution in [1.29, 1.82) is 5.41 Å². The summed E-state index contributed by atoms with van der Waals surface area (Å²) in [5, 5.41) is 11.9. The van der Waals surface area contributed by atoms with Crippen LogP contribution in [0.25, 0.3) is 6.08 Å². The number of carbonyl (C=O) groups excluding carboxylic acids is 2. The first-order valence-corrected chi connectivity index (χ1v) is 10.1. The summed E-state index contributed by atoms with van der Waals surface area (Å²) in [4.78, 5) is 24.8. The standard InChI is InChI=1S/C19H21Cl2F3N4O4/c1-31-17(30)13(4-2-3-5-27-18(25)26)28-16(29)11-7-9-6-10(20)8-12(21)14(9)32-15(11)19(22,23)24/h6-8,13,15H,2-5H2,1H3,(H,28,29)(H4,25,26,27)/t13?,15-/m0/s1. The van der Waals surface area contributed by atoms with E-state index in [1.807, 2.05) is 0 Å². The van der Waals surface area contributed by atoms with E-state index in [1.165, 1.54) is 12.1 Å². The van der Waals surface area contributed by atoms with Crippen LogP contribution in [0.15, 0.2) is 17.7 Å². The van der Waals surface area contributed by atoms with Crippen molar-refractivity contribution in [2.45, 2.75) is 37.6 Å². The van der Waals surface area contributed by atoms with E-state index in [0.29, 0.717) is 19.4 Å². The monoisotopic (exact) mass is 496 g/mol. The van der Waals surface area contributed by atoms with Crippen molar-refractivity contribution in [3.63, 3.8) is 0 Å². The molecule has 0 saturated carbocycles. The van der Waals surface area contributed by atoms with Crippen LogP contribution in [0, 0.1) is 5.41 Å². The third-order valence-electron chi connectivity index (χ3n) is 4.45. The van der Waals surface area contributed by atoms with E-state index >= 15 is 0 Å². The van der Waals surface area contributed by atoms with E-state index in [2.05, 4.69) is 15.4 Å². The number of hydrogen-bond donors (Lipinski definition) is 4. The van der Waals surface area contributed by atoms with Gasteiger partial charge in [0.05, 0.1) is 17.7 Å². The molecule has 0 aliphatic carbocycles. The minimum absolute atomic E-state index is 0.0943. The molecule has 1 unspecified atom stereocenters. The molecule has 1 amide bonds. The maximum atomic E-state index is 13.6. The summed E-state index contributed by atoms with van der Waals surface area (Å²) in [6.45, 7) is 0.352. The normalized spacial score (nSPS) is 16.2. The highest BCUT2D eigenvalue weighted by atomic mass is 35.5. The van der Waals surface area contributed by atoms with Gasteiger partial charge in [0.25, 0.3) is 5.91 Å². The molecule has 0 spiro atoms. The Balaban J connectivity index is 2.24. The molecule has 32 heavy (non-hydrogen) atoms. The number of alkyl halides is 3. The lowest BCUT2D eigenvalue weighted by atomic mass is 9.99. The third kappa shape index (κ3) is 6.67. The fourth-order valence-corrected chi connectivity index (χ4v) is 3.55. The van der Waals surface area contributed by atoms with Crippen molar-refractivity contribution in [3.05, 3.63) is 33.3 Å². The quantitative estimate of drug-likeness (QED) is 0.189. The van der Waals surface area contributed by atoms with Gasteiger partial charge < -0.3 is 25.8 Å². The highest BCUT2D eigenvalue weighted by Crippen LogP contribution is 2.42. The minimum Gasteiger partial charge on any atom is -0.474 e. The number of hydrogen-bond acceptors (Lipinski definition) is 5. The highest BCUT2D eigenvalue weighted by Gasteiger charge is 2.49. The van der Waals surface area contributed by atoms with E-state index in [4.69, 9.17) is 39.1 Å². The molecule has 8 nitrogen and oxygen atoms in total. The SMILES string of the molecule is COC(=O)C(CCCCNC(=N)N)NC(=O)C1=Cc2cc(Cl)cc(Cl)c2O[C@@H]1C(F)(F)F. The third-order valence-corrected chi connectivity index (χ3v) is 4.95. The minimum atomic E-state index is -4.93. The van der Waals surface area contributed by atoms with Crippen molar-refractivity contribution in [3.8, 4) is 5.75 Å². The zero-order valence-electron chi connectivity index (χ0n) is 16.8. The molecular formula is C19H21Cl2F3N4O4. The number of ether oxygens (including phenoxy) is 2. The number of unbranched alkanes of at least 4 members (excludes halogenated alkanes) is 1. The number of nitrogens with two attached hydrogens (primary N) is 1. The fraction of sp³-hybridized carbons (Fsp3) is 0.421. The van der Waals surface area contributed by atoms with Crippen molar-refractivity contribution in [1.82, 2.24) is 10.6 Å². The number of guanidine groups is 1. The van der Waals surface area contributed by atoms with Gasteiger partial charge in [0.15, 0.2) is 5.96 Å². The van der Waals surface area contributed by atoms with Gasteiger partial charge in [-0.3, -0.25) is 10.2 Å². The van der Waals surface area contributed by atoms with Crippen LogP contribution in [0.3, 0.4) is 0 Å². The molecule has 0 bridgehead atoms. The maximum Gasteiger partial charge on any atom is 0.429 e. The summed E-state index contributed by atoms with van der Waals surface area (Å²) in [5.74, 6) is -2.43. The summed E-state index contributed by atoms with van der Waals surface area (Å²) in [6.07, 6.45) is -5.56. The number of methoxy groups -OCH3 is 1. The van der Waals surface area contributed by atoms with Gasteiger partial charge in [0.1, 0.15) is 11.8 Å². The van der Waals surface area contributed by atoms with Gasteiger partial charge in [-0.05, 0) is 37.5 Å². The lowest BCUT2D eigenvalue weighted by Gasteiger charge is -2.29. The van der Waals surface area contributed by atoms with Gasteiger partial charge in [-0.2, -0.15) is 13.2 Å². The van der Waals surface area contributed by atoms with Gasteiger partial charge in [-0.1, -0.05) is 23.2 Å². The average molecular weight is 497 g/mol. The molecular weight excluding hydrogens is 476 g/mol. The number of halogens is 5. The van der Waals surface area contributed by atoms with Crippen LogP contribution in [0.4, 0.5) is 13.2 Å². The summed E-state index contributed by atoms with van der Waals surface area (Å²) in [6, 6.07) is 1.34. The molecule has 0 fully saturated rings. The Hall–Kier alpha value is -2.66. The molecule has 0 aromatic heterocycles. The van der Waals surface area contributed by atoms with Gasteiger partial charge in [-0.15, -0.1) is 0 Å². The number of rotatable bonds is 8. The number of fused-ring (bicyclic) bond motifs is 1. The lowest BCUT2D eigenvalue weighted by Crippen LogP contribution is -2.48. The highest BCUT2D eigenvalue weighted by molar-refractivity contribution is 6.36. The first-order chi connectivity index (χ1) is 14.9. The smallest absolute Gasteiger partial charge is 0.429 e. The predicted molar refractivity (Wildman–Crippen MR) is 113 cm³/mol. The van der Waals surface area contributed by atoms with Gasteiger partial charge in [0.2, 0.25) is 6.10 Å². The van der Waals surface area contributed by atoms with Crippen LogP contribution in [0.1, 0.15) is 24.8 Å².